The number of allylic oxidation sites excluding steroid dienone is 1. The van der Waals surface area contributed by atoms with Gasteiger partial charge in [-0.1, -0.05) is 64.5 Å². The van der Waals surface area contributed by atoms with Gasteiger partial charge in [0.25, 0.3) is 0 Å². The number of fused-ring (bicyclic) bond motifs is 2. The number of hydrogen-bond acceptors (Lipinski definition) is 1. The third kappa shape index (κ3) is 2.23. The summed E-state index contributed by atoms with van der Waals surface area (Å²) in [7, 11) is 0. The average Bonchev–Trinajstić information content (AvgIpc) is 2.55. The third-order valence-corrected chi connectivity index (χ3v) is 4.16. The van der Waals surface area contributed by atoms with Crippen LogP contribution in [-0.4, -0.2) is 5.11 Å². The molecule has 1 aliphatic rings. The van der Waals surface area contributed by atoms with Gasteiger partial charge in [0.15, 0.2) is 0 Å². The second-order valence-corrected chi connectivity index (χ2v) is 6.56. The summed E-state index contributed by atoms with van der Waals surface area (Å²) in [5, 5.41) is 11.4. The first-order valence-corrected chi connectivity index (χ1v) is 7.64. The standard InChI is InChI=1S/C18H17BrO/c1-13(19)12-18(20)16-8-4-2-6-14(16)10-11-15-7-3-5-9-17(15)18/h2-9,12,20H,10-11H2,1H3. The molecule has 2 aromatic carbocycles. The van der Waals surface area contributed by atoms with Gasteiger partial charge in [0.2, 0.25) is 0 Å². The van der Waals surface area contributed by atoms with Crippen LogP contribution >= 0.6 is 15.9 Å². The molecule has 1 N–H and O–H groups in total. The fraction of sp³-hybridized carbons (Fsp3) is 0.222. The van der Waals surface area contributed by atoms with Gasteiger partial charge < -0.3 is 5.11 Å². The number of halogens is 1. The number of aliphatic hydroxyl groups is 1. The van der Waals surface area contributed by atoms with Crippen LogP contribution in [0.1, 0.15) is 29.2 Å². The Morgan fingerprint density at radius 1 is 1.00 bits per heavy atom. The maximum atomic E-state index is 11.4. The van der Waals surface area contributed by atoms with Crippen molar-refractivity contribution >= 4 is 15.9 Å². The zero-order chi connectivity index (χ0) is 14.2. The van der Waals surface area contributed by atoms with E-state index in [-0.39, 0.29) is 0 Å². The number of aryl methyl sites for hydroxylation is 2. The molecule has 3 rings (SSSR count). The van der Waals surface area contributed by atoms with E-state index in [1.807, 2.05) is 49.4 Å². The van der Waals surface area contributed by atoms with Gasteiger partial charge in [-0.2, -0.15) is 0 Å². The van der Waals surface area contributed by atoms with Crippen molar-refractivity contribution in [3.8, 4) is 0 Å². The van der Waals surface area contributed by atoms with Crippen LogP contribution < -0.4 is 0 Å². The van der Waals surface area contributed by atoms with Crippen LogP contribution in [-0.2, 0) is 18.4 Å². The summed E-state index contributed by atoms with van der Waals surface area (Å²) < 4.78 is 0.937. The summed E-state index contributed by atoms with van der Waals surface area (Å²) >= 11 is 3.48. The largest absolute Gasteiger partial charge is 0.377 e. The predicted molar refractivity (Wildman–Crippen MR) is 86.0 cm³/mol. The molecule has 0 bridgehead atoms. The SMILES string of the molecule is CC(Br)=CC1(O)c2ccccc2CCc2ccccc21. The molecular formula is C18H17BrO. The Hall–Kier alpha value is -1.38. The highest BCUT2D eigenvalue weighted by Crippen LogP contribution is 2.39. The third-order valence-electron chi connectivity index (χ3n) is 3.93. The van der Waals surface area contributed by atoms with E-state index in [0.29, 0.717) is 0 Å². The Kier molecular flexibility index (Phi) is 3.53. The van der Waals surface area contributed by atoms with E-state index in [2.05, 4.69) is 28.1 Å². The fourth-order valence-corrected chi connectivity index (χ4v) is 3.41. The average molecular weight is 329 g/mol. The van der Waals surface area contributed by atoms with Gasteiger partial charge in [-0.3, -0.25) is 0 Å². The number of rotatable bonds is 1. The highest BCUT2D eigenvalue weighted by molar-refractivity contribution is 9.11. The lowest BCUT2D eigenvalue weighted by molar-refractivity contribution is 0.133. The summed E-state index contributed by atoms with van der Waals surface area (Å²) in [6.45, 7) is 1.95. The Morgan fingerprint density at radius 2 is 1.45 bits per heavy atom. The van der Waals surface area contributed by atoms with E-state index in [0.717, 1.165) is 28.5 Å². The molecule has 0 saturated carbocycles. The molecule has 0 aliphatic heterocycles. The summed E-state index contributed by atoms with van der Waals surface area (Å²) in [6, 6.07) is 16.4. The lowest BCUT2D eigenvalue weighted by atomic mass is 9.83. The minimum Gasteiger partial charge on any atom is -0.377 e. The van der Waals surface area contributed by atoms with Crippen molar-refractivity contribution in [2.45, 2.75) is 25.4 Å². The molecule has 1 nitrogen and oxygen atoms in total. The summed E-state index contributed by atoms with van der Waals surface area (Å²) in [6.07, 6.45) is 3.82. The molecule has 20 heavy (non-hydrogen) atoms. The molecule has 0 spiro atoms. The lowest BCUT2D eigenvalue weighted by Gasteiger charge is -2.28. The Labute approximate surface area is 128 Å². The van der Waals surface area contributed by atoms with Gasteiger partial charge in [0.05, 0.1) is 0 Å². The summed E-state index contributed by atoms with van der Waals surface area (Å²) in [5.41, 5.74) is 3.36. The number of benzene rings is 2. The minimum absolute atomic E-state index is 0.937. The molecular weight excluding hydrogens is 312 g/mol. The van der Waals surface area contributed by atoms with E-state index < -0.39 is 5.60 Å². The summed E-state index contributed by atoms with van der Waals surface area (Å²) in [5.74, 6) is 0. The predicted octanol–water partition coefficient (Wildman–Crippen LogP) is 4.32. The van der Waals surface area contributed by atoms with Gasteiger partial charge in [-0.15, -0.1) is 0 Å². The van der Waals surface area contributed by atoms with E-state index in [4.69, 9.17) is 0 Å². The Bertz CT molecular complexity index is 621. The minimum atomic E-state index is -1.06. The van der Waals surface area contributed by atoms with Crippen LogP contribution in [0.3, 0.4) is 0 Å². The second kappa shape index (κ2) is 5.19. The van der Waals surface area contributed by atoms with Crippen molar-refractivity contribution in [1.82, 2.24) is 0 Å². The molecule has 0 radical (unpaired) electrons. The van der Waals surface area contributed by atoms with Crippen LogP contribution in [0.2, 0.25) is 0 Å². The molecule has 0 atom stereocenters. The van der Waals surface area contributed by atoms with Crippen molar-refractivity contribution in [3.05, 3.63) is 81.3 Å². The zero-order valence-corrected chi connectivity index (χ0v) is 13.0. The fourth-order valence-electron chi connectivity index (χ4n) is 3.08. The topological polar surface area (TPSA) is 20.2 Å². The van der Waals surface area contributed by atoms with Crippen molar-refractivity contribution in [2.75, 3.05) is 0 Å². The van der Waals surface area contributed by atoms with E-state index in [1.54, 1.807) is 0 Å². The molecule has 0 amide bonds. The van der Waals surface area contributed by atoms with E-state index in [9.17, 15) is 5.11 Å². The van der Waals surface area contributed by atoms with Crippen LogP contribution in [0.25, 0.3) is 0 Å². The first-order valence-electron chi connectivity index (χ1n) is 6.85. The van der Waals surface area contributed by atoms with Gasteiger partial charge in [-0.25, -0.2) is 0 Å². The normalized spacial score (nSPS) is 17.1. The van der Waals surface area contributed by atoms with Gasteiger partial charge in [-0.05, 0) is 52.6 Å². The van der Waals surface area contributed by atoms with E-state index >= 15 is 0 Å². The molecule has 1 aliphatic carbocycles. The molecule has 0 heterocycles. The first-order chi connectivity index (χ1) is 9.61. The highest BCUT2D eigenvalue weighted by Gasteiger charge is 2.35. The van der Waals surface area contributed by atoms with Crippen LogP contribution in [0.15, 0.2) is 59.1 Å². The van der Waals surface area contributed by atoms with Gasteiger partial charge in [0.1, 0.15) is 5.60 Å². The molecule has 2 aromatic rings. The van der Waals surface area contributed by atoms with Crippen molar-refractivity contribution in [1.29, 1.82) is 0 Å². The molecule has 0 saturated heterocycles. The van der Waals surface area contributed by atoms with Crippen LogP contribution in [0.5, 0.6) is 0 Å². The number of hydrogen-bond donors (Lipinski definition) is 1. The zero-order valence-electron chi connectivity index (χ0n) is 11.4. The van der Waals surface area contributed by atoms with Crippen LogP contribution in [0.4, 0.5) is 0 Å². The monoisotopic (exact) mass is 328 g/mol. The molecule has 0 unspecified atom stereocenters. The summed E-state index contributed by atoms with van der Waals surface area (Å²) in [4.78, 5) is 0. The van der Waals surface area contributed by atoms with Crippen molar-refractivity contribution in [2.24, 2.45) is 0 Å². The second-order valence-electron chi connectivity index (χ2n) is 5.31. The maximum Gasteiger partial charge on any atom is 0.135 e. The Balaban J connectivity index is 2.33. The first kappa shape index (κ1) is 13.6. The Morgan fingerprint density at radius 3 is 1.90 bits per heavy atom. The molecule has 0 fully saturated rings. The van der Waals surface area contributed by atoms with Crippen molar-refractivity contribution < 1.29 is 5.11 Å². The van der Waals surface area contributed by atoms with E-state index in [1.165, 1.54) is 11.1 Å². The molecule has 2 heteroatoms. The quantitative estimate of drug-likeness (QED) is 0.826. The van der Waals surface area contributed by atoms with Crippen molar-refractivity contribution in [3.63, 3.8) is 0 Å². The molecule has 0 aromatic heterocycles. The lowest BCUT2D eigenvalue weighted by Crippen LogP contribution is -2.26. The maximum absolute atomic E-state index is 11.4. The highest BCUT2D eigenvalue weighted by atomic mass is 79.9. The van der Waals surface area contributed by atoms with Crippen LogP contribution in [0, 0.1) is 0 Å². The molecule has 102 valence electrons. The van der Waals surface area contributed by atoms with Gasteiger partial charge >= 0.3 is 0 Å². The van der Waals surface area contributed by atoms with Gasteiger partial charge in [0, 0.05) is 0 Å². The smallest absolute Gasteiger partial charge is 0.135 e.